The monoisotopic (exact) mass is 481 g/mol. The van der Waals surface area contributed by atoms with Gasteiger partial charge in [0.05, 0.1) is 16.4 Å². The first-order valence-corrected chi connectivity index (χ1v) is 11.8. The summed E-state index contributed by atoms with van der Waals surface area (Å²) in [5, 5.41) is 11.0. The van der Waals surface area contributed by atoms with Gasteiger partial charge in [0.1, 0.15) is 12.4 Å². The number of anilines is 2. The van der Waals surface area contributed by atoms with Gasteiger partial charge in [0.2, 0.25) is 5.91 Å². The fourth-order valence-electron chi connectivity index (χ4n) is 3.32. The number of urea groups is 1. The zero-order chi connectivity index (χ0) is 24.7. The van der Waals surface area contributed by atoms with Crippen LogP contribution < -0.4 is 10.6 Å². The maximum absolute atomic E-state index is 13.1. The quantitative estimate of drug-likeness (QED) is 0.408. The maximum atomic E-state index is 13.1. The van der Waals surface area contributed by atoms with Crippen molar-refractivity contribution in [2.45, 2.75) is 46.0 Å². The van der Waals surface area contributed by atoms with Crippen LogP contribution in [0.1, 0.15) is 46.2 Å². The molecule has 3 amide bonds. The van der Waals surface area contributed by atoms with Gasteiger partial charge in [-0.15, -0.1) is 0 Å². The van der Waals surface area contributed by atoms with Crippen molar-refractivity contribution in [1.29, 1.82) is 0 Å². The third-order valence-electron chi connectivity index (χ3n) is 5.25. The standard InChI is InChI=1S/C26H32ClN5O2/c1-5-6-16-31(25(34)28-19-12-8-7-9-13-19)18-24(33)29-23-17-22(26(2,3)4)30-32(23)21-15-11-10-14-20(21)27/h7-15,17H,5-6,16,18H2,1-4H3,(H,28,34)(H,29,33). The minimum atomic E-state index is -0.315. The van der Waals surface area contributed by atoms with Crippen LogP contribution in [-0.4, -0.2) is 39.7 Å². The van der Waals surface area contributed by atoms with Gasteiger partial charge in [-0.2, -0.15) is 5.10 Å². The highest BCUT2D eigenvalue weighted by atomic mass is 35.5. The predicted octanol–water partition coefficient (Wildman–Crippen LogP) is 6.10. The Labute approximate surface area is 206 Å². The zero-order valence-electron chi connectivity index (χ0n) is 20.1. The van der Waals surface area contributed by atoms with Crippen LogP contribution >= 0.6 is 11.6 Å². The van der Waals surface area contributed by atoms with E-state index >= 15 is 0 Å². The Morgan fingerprint density at radius 2 is 1.71 bits per heavy atom. The van der Waals surface area contributed by atoms with Crippen molar-refractivity contribution in [2.24, 2.45) is 0 Å². The molecule has 0 spiro atoms. The van der Waals surface area contributed by atoms with Crippen LogP contribution in [0.3, 0.4) is 0 Å². The molecule has 34 heavy (non-hydrogen) atoms. The molecule has 0 aliphatic carbocycles. The molecule has 2 aromatic carbocycles. The van der Waals surface area contributed by atoms with E-state index in [0.29, 0.717) is 28.8 Å². The first-order valence-electron chi connectivity index (χ1n) is 11.5. The summed E-state index contributed by atoms with van der Waals surface area (Å²) in [6.07, 6.45) is 1.70. The second-order valence-electron chi connectivity index (χ2n) is 9.15. The number of rotatable bonds is 8. The van der Waals surface area contributed by atoms with Gasteiger partial charge >= 0.3 is 6.03 Å². The second kappa shape index (κ2) is 11.2. The summed E-state index contributed by atoms with van der Waals surface area (Å²) < 4.78 is 1.64. The topological polar surface area (TPSA) is 79.3 Å². The van der Waals surface area contributed by atoms with Gasteiger partial charge < -0.3 is 15.5 Å². The van der Waals surface area contributed by atoms with E-state index in [1.807, 2.05) is 61.5 Å². The van der Waals surface area contributed by atoms with Crippen molar-refractivity contribution in [2.75, 3.05) is 23.7 Å². The first-order chi connectivity index (χ1) is 16.2. The molecule has 0 aliphatic rings. The van der Waals surface area contributed by atoms with E-state index in [1.54, 1.807) is 10.7 Å². The second-order valence-corrected chi connectivity index (χ2v) is 9.55. The Balaban J connectivity index is 1.81. The highest BCUT2D eigenvalue weighted by Crippen LogP contribution is 2.29. The Hall–Kier alpha value is -3.32. The number of hydrogen-bond donors (Lipinski definition) is 2. The van der Waals surface area contributed by atoms with E-state index < -0.39 is 0 Å². The number of amides is 3. The van der Waals surface area contributed by atoms with Crippen molar-refractivity contribution in [3.63, 3.8) is 0 Å². The van der Waals surface area contributed by atoms with Crippen molar-refractivity contribution in [3.8, 4) is 5.69 Å². The maximum Gasteiger partial charge on any atom is 0.322 e. The van der Waals surface area contributed by atoms with E-state index in [2.05, 4.69) is 31.4 Å². The lowest BCUT2D eigenvalue weighted by molar-refractivity contribution is -0.116. The average molecular weight is 482 g/mol. The molecule has 3 rings (SSSR count). The van der Waals surface area contributed by atoms with Gasteiger partial charge in [-0.05, 0) is 30.7 Å². The van der Waals surface area contributed by atoms with Crippen molar-refractivity contribution in [3.05, 3.63) is 71.4 Å². The molecule has 0 aliphatic heterocycles. The zero-order valence-corrected chi connectivity index (χ0v) is 20.9. The smallest absolute Gasteiger partial charge is 0.315 e. The minimum Gasteiger partial charge on any atom is -0.315 e. The third-order valence-corrected chi connectivity index (χ3v) is 5.57. The van der Waals surface area contributed by atoms with E-state index in [1.165, 1.54) is 4.90 Å². The Morgan fingerprint density at radius 1 is 1.03 bits per heavy atom. The fraction of sp³-hybridized carbons (Fsp3) is 0.346. The molecule has 0 bridgehead atoms. The molecule has 0 saturated carbocycles. The van der Waals surface area contributed by atoms with Gasteiger partial charge in [-0.1, -0.05) is 76.0 Å². The lowest BCUT2D eigenvalue weighted by Gasteiger charge is -2.22. The van der Waals surface area contributed by atoms with Crippen LogP contribution in [-0.2, 0) is 10.2 Å². The van der Waals surface area contributed by atoms with Gasteiger partial charge in [-0.25, -0.2) is 9.48 Å². The van der Waals surface area contributed by atoms with Crippen molar-refractivity contribution >= 4 is 35.0 Å². The summed E-state index contributed by atoms with van der Waals surface area (Å²) in [7, 11) is 0. The largest absolute Gasteiger partial charge is 0.322 e. The van der Waals surface area contributed by atoms with Crippen LogP contribution in [0.5, 0.6) is 0 Å². The van der Waals surface area contributed by atoms with Crippen LogP contribution in [0, 0.1) is 0 Å². The number of para-hydroxylation sites is 2. The summed E-state index contributed by atoms with van der Waals surface area (Å²) in [6.45, 7) is 8.59. The number of halogens is 1. The predicted molar refractivity (Wildman–Crippen MR) is 138 cm³/mol. The summed E-state index contributed by atoms with van der Waals surface area (Å²) in [5.74, 6) is 0.190. The number of carbonyl (C=O) groups excluding carboxylic acids is 2. The molecular formula is C26H32ClN5O2. The average Bonchev–Trinajstić information content (AvgIpc) is 3.21. The van der Waals surface area contributed by atoms with Crippen LogP contribution in [0.15, 0.2) is 60.7 Å². The summed E-state index contributed by atoms with van der Waals surface area (Å²) in [5.41, 5.74) is 1.93. The highest BCUT2D eigenvalue weighted by molar-refractivity contribution is 6.32. The SMILES string of the molecule is CCCCN(CC(=O)Nc1cc(C(C)(C)C)nn1-c1ccccc1Cl)C(=O)Nc1ccccc1. The van der Waals surface area contributed by atoms with Gasteiger partial charge in [0.25, 0.3) is 0 Å². The number of unbranched alkanes of at least 4 members (excludes halogenated alkanes) is 1. The molecule has 1 aromatic heterocycles. The molecule has 2 N–H and O–H groups in total. The van der Waals surface area contributed by atoms with E-state index in [-0.39, 0.29) is 23.9 Å². The van der Waals surface area contributed by atoms with Crippen LogP contribution in [0.4, 0.5) is 16.3 Å². The van der Waals surface area contributed by atoms with E-state index in [9.17, 15) is 9.59 Å². The number of hydrogen-bond acceptors (Lipinski definition) is 3. The Bertz CT molecular complexity index is 1120. The molecule has 0 unspecified atom stereocenters. The number of benzene rings is 2. The summed E-state index contributed by atoms with van der Waals surface area (Å²) in [4.78, 5) is 27.5. The summed E-state index contributed by atoms with van der Waals surface area (Å²) in [6, 6.07) is 18.1. The van der Waals surface area contributed by atoms with Crippen molar-refractivity contribution in [1.82, 2.24) is 14.7 Å². The number of nitrogens with one attached hydrogen (secondary N) is 2. The van der Waals surface area contributed by atoms with Crippen molar-refractivity contribution < 1.29 is 9.59 Å². The first kappa shape index (κ1) is 25.3. The van der Waals surface area contributed by atoms with Gasteiger partial charge in [0, 0.05) is 23.7 Å². The fourth-order valence-corrected chi connectivity index (χ4v) is 3.54. The minimum absolute atomic E-state index is 0.0861. The lowest BCUT2D eigenvalue weighted by atomic mass is 9.92. The molecule has 8 heteroatoms. The molecule has 0 radical (unpaired) electrons. The van der Waals surface area contributed by atoms with E-state index in [0.717, 1.165) is 18.5 Å². The number of carbonyl (C=O) groups is 2. The molecular weight excluding hydrogens is 450 g/mol. The normalized spacial score (nSPS) is 11.2. The Morgan fingerprint density at radius 3 is 2.35 bits per heavy atom. The van der Waals surface area contributed by atoms with E-state index in [4.69, 9.17) is 16.7 Å². The molecule has 0 fully saturated rings. The molecule has 0 atom stereocenters. The Kier molecular flexibility index (Phi) is 8.34. The summed E-state index contributed by atoms with van der Waals surface area (Å²) >= 11 is 6.42. The third kappa shape index (κ3) is 6.60. The van der Waals surface area contributed by atoms with Gasteiger partial charge in [0.15, 0.2) is 0 Å². The van der Waals surface area contributed by atoms with Crippen LogP contribution in [0.25, 0.3) is 5.69 Å². The lowest BCUT2D eigenvalue weighted by Crippen LogP contribution is -2.41. The molecule has 180 valence electrons. The molecule has 0 saturated heterocycles. The molecule has 1 heterocycles. The number of aromatic nitrogens is 2. The van der Waals surface area contributed by atoms with Gasteiger partial charge in [-0.3, -0.25) is 4.79 Å². The molecule has 7 nitrogen and oxygen atoms in total. The highest BCUT2D eigenvalue weighted by Gasteiger charge is 2.23. The van der Waals surface area contributed by atoms with Crippen LogP contribution in [0.2, 0.25) is 5.02 Å². The molecule has 3 aromatic rings. The number of nitrogens with zero attached hydrogens (tertiary/aromatic N) is 3.